The van der Waals surface area contributed by atoms with E-state index in [1.807, 2.05) is 7.05 Å². The minimum atomic E-state index is 0.568. The Bertz CT molecular complexity index is 437. The Morgan fingerprint density at radius 1 is 1.00 bits per heavy atom. The molecule has 0 bridgehead atoms. The zero-order valence-corrected chi connectivity index (χ0v) is 13.8. The Hall–Kier alpha value is -1.32. The summed E-state index contributed by atoms with van der Waals surface area (Å²) in [4.78, 5) is 9.36. The molecule has 0 aliphatic heterocycles. The molecule has 0 atom stereocenters. The molecule has 1 heterocycles. The van der Waals surface area contributed by atoms with Crippen molar-refractivity contribution in [1.82, 2.24) is 9.97 Å². The van der Waals surface area contributed by atoms with Crippen LogP contribution in [0.25, 0.3) is 0 Å². The first kappa shape index (κ1) is 16.1. The Morgan fingerprint density at radius 3 is 2.24 bits per heavy atom. The van der Waals surface area contributed by atoms with Crippen LogP contribution in [0.1, 0.15) is 69.7 Å². The SMILES string of the molecule is CCCc1nc(NC)c(C)c(NC2CCCCCCC2)n1. The van der Waals surface area contributed by atoms with Crippen molar-refractivity contribution < 1.29 is 0 Å². The van der Waals surface area contributed by atoms with Gasteiger partial charge in [0.1, 0.15) is 17.5 Å². The lowest BCUT2D eigenvalue weighted by Crippen LogP contribution is -2.22. The molecular weight excluding hydrogens is 260 g/mol. The summed E-state index contributed by atoms with van der Waals surface area (Å²) in [6.45, 7) is 4.27. The molecule has 0 unspecified atom stereocenters. The van der Waals surface area contributed by atoms with Gasteiger partial charge in [0.25, 0.3) is 0 Å². The average molecular weight is 290 g/mol. The molecule has 4 nitrogen and oxygen atoms in total. The number of nitrogens with one attached hydrogen (secondary N) is 2. The quantitative estimate of drug-likeness (QED) is 0.848. The van der Waals surface area contributed by atoms with E-state index >= 15 is 0 Å². The molecule has 1 saturated carbocycles. The standard InChI is InChI=1S/C17H30N4/c1-4-10-15-20-16(18-3)13(2)17(21-15)19-14-11-8-6-5-7-9-12-14/h14H,4-12H2,1-3H3,(H2,18,19,20,21). The van der Waals surface area contributed by atoms with E-state index in [1.54, 1.807) is 0 Å². The van der Waals surface area contributed by atoms with E-state index in [-0.39, 0.29) is 0 Å². The van der Waals surface area contributed by atoms with Crippen LogP contribution >= 0.6 is 0 Å². The first-order valence-corrected chi connectivity index (χ1v) is 8.56. The molecule has 1 aliphatic carbocycles. The van der Waals surface area contributed by atoms with Crippen molar-refractivity contribution in [2.24, 2.45) is 0 Å². The summed E-state index contributed by atoms with van der Waals surface area (Å²) in [5.74, 6) is 2.94. The Balaban J connectivity index is 2.14. The molecule has 0 radical (unpaired) electrons. The molecule has 0 saturated heterocycles. The molecule has 0 amide bonds. The highest BCUT2D eigenvalue weighted by atomic mass is 15.1. The number of hydrogen-bond acceptors (Lipinski definition) is 4. The summed E-state index contributed by atoms with van der Waals surface area (Å²) >= 11 is 0. The van der Waals surface area contributed by atoms with E-state index in [1.165, 1.54) is 44.9 Å². The predicted octanol–water partition coefficient (Wildman–Crippen LogP) is 4.30. The normalized spacial score (nSPS) is 17.1. The molecule has 118 valence electrons. The van der Waals surface area contributed by atoms with Gasteiger partial charge in [0.05, 0.1) is 0 Å². The van der Waals surface area contributed by atoms with Crippen LogP contribution in [0.2, 0.25) is 0 Å². The third-order valence-corrected chi connectivity index (χ3v) is 4.35. The predicted molar refractivity (Wildman–Crippen MR) is 90.0 cm³/mol. The third kappa shape index (κ3) is 4.58. The molecule has 1 fully saturated rings. The van der Waals surface area contributed by atoms with Gasteiger partial charge in [0.2, 0.25) is 0 Å². The number of hydrogen-bond donors (Lipinski definition) is 2. The van der Waals surface area contributed by atoms with E-state index in [0.717, 1.165) is 35.9 Å². The van der Waals surface area contributed by atoms with Crippen LogP contribution in [0, 0.1) is 6.92 Å². The maximum atomic E-state index is 4.76. The maximum absolute atomic E-state index is 4.76. The van der Waals surface area contributed by atoms with Crippen molar-refractivity contribution in [1.29, 1.82) is 0 Å². The molecule has 1 aliphatic rings. The lowest BCUT2D eigenvalue weighted by atomic mass is 9.96. The zero-order valence-electron chi connectivity index (χ0n) is 13.8. The Morgan fingerprint density at radius 2 is 1.62 bits per heavy atom. The lowest BCUT2D eigenvalue weighted by molar-refractivity contribution is 0.470. The van der Waals surface area contributed by atoms with Gasteiger partial charge < -0.3 is 10.6 Å². The third-order valence-electron chi connectivity index (χ3n) is 4.35. The summed E-state index contributed by atoms with van der Waals surface area (Å²) in [5, 5.41) is 6.90. The fourth-order valence-corrected chi connectivity index (χ4v) is 3.08. The van der Waals surface area contributed by atoms with Gasteiger partial charge in [-0.2, -0.15) is 0 Å². The monoisotopic (exact) mass is 290 g/mol. The van der Waals surface area contributed by atoms with Crippen molar-refractivity contribution in [3.8, 4) is 0 Å². The van der Waals surface area contributed by atoms with Crippen LogP contribution in [0.5, 0.6) is 0 Å². The van der Waals surface area contributed by atoms with E-state index < -0.39 is 0 Å². The highest BCUT2D eigenvalue weighted by Gasteiger charge is 2.15. The largest absolute Gasteiger partial charge is 0.373 e. The molecule has 21 heavy (non-hydrogen) atoms. The van der Waals surface area contributed by atoms with Crippen LogP contribution in [0.15, 0.2) is 0 Å². The highest BCUT2D eigenvalue weighted by molar-refractivity contribution is 5.57. The fraction of sp³-hybridized carbons (Fsp3) is 0.765. The Labute approximate surface area is 129 Å². The summed E-state index contributed by atoms with van der Waals surface area (Å²) in [7, 11) is 1.94. The molecule has 2 rings (SSSR count). The van der Waals surface area contributed by atoms with Crippen LogP contribution < -0.4 is 10.6 Å². The second-order valence-electron chi connectivity index (χ2n) is 6.15. The number of aromatic nitrogens is 2. The van der Waals surface area contributed by atoms with Crippen molar-refractivity contribution in [2.75, 3.05) is 17.7 Å². The number of anilines is 2. The first-order chi connectivity index (χ1) is 10.2. The second-order valence-corrected chi connectivity index (χ2v) is 6.15. The molecule has 1 aromatic heterocycles. The van der Waals surface area contributed by atoms with Crippen LogP contribution in [0.3, 0.4) is 0 Å². The first-order valence-electron chi connectivity index (χ1n) is 8.56. The van der Waals surface area contributed by atoms with Crippen molar-refractivity contribution in [3.63, 3.8) is 0 Å². The maximum Gasteiger partial charge on any atom is 0.134 e. The van der Waals surface area contributed by atoms with Gasteiger partial charge in [-0.1, -0.05) is 39.0 Å². The summed E-state index contributed by atoms with van der Waals surface area (Å²) in [6.07, 6.45) is 11.4. The zero-order chi connectivity index (χ0) is 15.1. The number of nitrogens with zero attached hydrogens (tertiary/aromatic N) is 2. The number of aryl methyl sites for hydroxylation is 1. The summed E-state index contributed by atoms with van der Waals surface area (Å²) in [5.41, 5.74) is 1.14. The van der Waals surface area contributed by atoms with E-state index in [2.05, 4.69) is 29.5 Å². The molecule has 4 heteroatoms. The van der Waals surface area contributed by atoms with Crippen LogP contribution in [0.4, 0.5) is 11.6 Å². The van der Waals surface area contributed by atoms with Crippen molar-refractivity contribution in [2.45, 2.75) is 77.7 Å². The topological polar surface area (TPSA) is 49.8 Å². The molecule has 0 spiro atoms. The van der Waals surface area contributed by atoms with Gasteiger partial charge >= 0.3 is 0 Å². The Kier molecular flexibility index (Phi) is 6.27. The molecule has 0 aromatic carbocycles. The minimum absolute atomic E-state index is 0.568. The van der Waals surface area contributed by atoms with Gasteiger partial charge in [0.15, 0.2) is 0 Å². The van der Waals surface area contributed by atoms with Crippen molar-refractivity contribution >= 4 is 11.6 Å². The van der Waals surface area contributed by atoms with Crippen LogP contribution in [-0.2, 0) is 6.42 Å². The average Bonchev–Trinajstić information content (AvgIpc) is 2.45. The van der Waals surface area contributed by atoms with Gasteiger partial charge in [0, 0.05) is 25.1 Å². The molecular formula is C17H30N4. The molecule has 2 N–H and O–H groups in total. The number of rotatable bonds is 5. The lowest BCUT2D eigenvalue weighted by Gasteiger charge is -2.23. The van der Waals surface area contributed by atoms with Crippen LogP contribution in [-0.4, -0.2) is 23.1 Å². The van der Waals surface area contributed by atoms with Gasteiger partial charge in [-0.25, -0.2) is 9.97 Å². The summed E-state index contributed by atoms with van der Waals surface area (Å²) in [6, 6.07) is 0.568. The minimum Gasteiger partial charge on any atom is -0.373 e. The smallest absolute Gasteiger partial charge is 0.134 e. The fourth-order valence-electron chi connectivity index (χ4n) is 3.08. The highest BCUT2D eigenvalue weighted by Crippen LogP contribution is 2.24. The molecule has 1 aromatic rings. The summed E-state index contributed by atoms with van der Waals surface area (Å²) < 4.78 is 0. The van der Waals surface area contributed by atoms with Gasteiger partial charge in [-0.15, -0.1) is 0 Å². The van der Waals surface area contributed by atoms with Gasteiger partial charge in [-0.05, 0) is 26.2 Å². The second kappa shape index (κ2) is 8.20. The van der Waals surface area contributed by atoms with Gasteiger partial charge in [-0.3, -0.25) is 0 Å². The van der Waals surface area contributed by atoms with E-state index in [0.29, 0.717) is 6.04 Å². The van der Waals surface area contributed by atoms with Crippen molar-refractivity contribution in [3.05, 3.63) is 11.4 Å². The van der Waals surface area contributed by atoms with E-state index in [4.69, 9.17) is 4.98 Å². The van der Waals surface area contributed by atoms with E-state index in [9.17, 15) is 0 Å².